The van der Waals surface area contributed by atoms with E-state index in [0.29, 0.717) is 17.8 Å². The molecule has 0 bridgehead atoms. The lowest BCUT2D eigenvalue weighted by atomic mass is 9.47. The molecule has 3 saturated carbocycles. The van der Waals surface area contributed by atoms with Crippen LogP contribution in [0.15, 0.2) is 11.6 Å². The molecule has 5 rings (SSSR count). The average Bonchev–Trinajstić information content (AvgIpc) is 3.33. The molecule has 1 heterocycles. The Morgan fingerprint density at radius 3 is 2.60 bits per heavy atom. The van der Waals surface area contributed by atoms with Crippen LogP contribution in [0.1, 0.15) is 79.6 Å². The number of esters is 2. The van der Waals surface area contributed by atoms with Gasteiger partial charge in [0.25, 0.3) is 0 Å². The SMILES string of the molecule is CC(=O)OC1CCC2(C)C(=CCC3C2CCC2(C)C3C[C@@H]3O[C@@]32C(C)OC(C)=O)C1. The Hall–Kier alpha value is -1.36. The molecule has 30 heavy (non-hydrogen) atoms. The van der Waals surface area contributed by atoms with Crippen molar-refractivity contribution in [3.8, 4) is 0 Å². The predicted octanol–water partition coefficient (Wildman–Crippen LogP) is 4.58. The standard InChI is InChI=1S/C25H36O5/c1-14(28-15(2)26)25-22(30-25)13-21-19-7-6-17-12-18(29-16(3)27)8-10-23(17,4)20(19)9-11-24(21,25)5/h6,14,18-22H,7-13H2,1-5H3/t14?,18?,19?,20?,21?,22-,23?,24?,25-/m0/s1. The van der Waals surface area contributed by atoms with E-state index in [1.165, 1.54) is 25.8 Å². The molecule has 5 heteroatoms. The Bertz CT molecular complexity index is 803. The van der Waals surface area contributed by atoms with Gasteiger partial charge in [-0.3, -0.25) is 9.59 Å². The lowest BCUT2D eigenvalue weighted by molar-refractivity contribution is -0.159. The molecule has 5 aliphatic rings. The summed E-state index contributed by atoms with van der Waals surface area (Å²) >= 11 is 0. The first-order valence-electron chi connectivity index (χ1n) is 11.8. The van der Waals surface area contributed by atoms with E-state index in [2.05, 4.69) is 19.9 Å². The molecule has 166 valence electrons. The number of hydrogen-bond acceptors (Lipinski definition) is 5. The molecule has 5 nitrogen and oxygen atoms in total. The fourth-order valence-electron chi connectivity index (χ4n) is 8.52. The summed E-state index contributed by atoms with van der Waals surface area (Å²) in [5.41, 5.74) is 1.53. The van der Waals surface area contributed by atoms with Crippen LogP contribution in [0.4, 0.5) is 0 Å². The number of hydrogen-bond donors (Lipinski definition) is 0. The zero-order valence-electron chi connectivity index (χ0n) is 19.0. The van der Waals surface area contributed by atoms with Crippen LogP contribution in [-0.4, -0.2) is 35.9 Å². The molecule has 1 saturated heterocycles. The topological polar surface area (TPSA) is 65.1 Å². The van der Waals surface area contributed by atoms with Crippen molar-refractivity contribution >= 4 is 11.9 Å². The van der Waals surface area contributed by atoms with Crippen molar-refractivity contribution < 1.29 is 23.8 Å². The molecule has 0 spiro atoms. The largest absolute Gasteiger partial charge is 0.462 e. The highest BCUT2D eigenvalue weighted by molar-refractivity contribution is 5.66. The van der Waals surface area contributed by atoms with Crippen molar-refractivity contribution in [2.45, 2.75) is 103 Å². The van der Waals surface area contributed by atoms with Crippen molar-refractivity contribution in [3.05, 3.63) is 11.6 Å². The normalized spacial score (nSPS) is 49.5. The van der Waals surface area contributed by atoms with E-state index in [0.717, 1.165) is 38.5 Å². The Labute approximate surface area is 179 Å². The van der Waals surface area contributed by atoms with Crippen LogP contribution in [0.5, 0.6) is 0 Å². The van der Waals surface area contributed by atoms with Crippen molar-refractivity contribution in [3.63, 3.8) is 0 Å². The highest BCUT2D eigenvalue weighted by Crippen LogP contribution is 2.74. The van der Waals surface area contributed by atoms with Crippen molar-refractivity contribution in [1.29, 1.82) is 0 Å². The third kappa shape index (κ3) is 2.63. The minimum absolute atomic E-state index is 0.0487. The Kier molecular flexibility index (Phi) is 4.50. The van der Waals surface area contributed by atoms with Gasteiger partial charge in [0.1, 0.15) is 17.8 Å². The first-order chi connectivity index (χ1) is 14.1. The molecule has 7 unspecified atom stereocenters. The van der Waals surface area contributed by atoms with Crippen LogP contribution in [0.25, 0.3) is 0 Å². The summed E-state index contributed by atoms with van der Waals surface area (Å²) in [6.45, 7) is 9.90. The molecule has 0 N–H and O–H groups in total. The number of carbonyl (C=O) groups excluding carboxylic acids is 2. The number of fused-ring (bicyclic) bond motifs is 7. The smallest absolute Gasteiger partial charge is 0.302 e. The maximum absolute atomic E-state index is 11.6. The molecule has 0 radical (unpaired) electrons. The average molecular weight is 417 g/mol. The predicted molar refractivity (Wildman–Crippen MR) is 111 cm³/mol. The molecule has 0 aromatic carbocycles. The lowest BCUT2D eigenvalue weighted by Crippen LogP contribution is -2.55. The van der Waals surface area contributed by atoms with E-state index in [1.54, 1.807) is 0 Å². The van der Waals surface area contributed by atoms with Crippen LogP contribution in [-0.2, 0) is 23.8 Å². The zero-order valence-corrected chi connectivity index (χ0v) is 19.0. The molecule has 4 aliphatic carbocycles. The molecule has 9 atom stereocenters. The molecule has 1 aliphatic heterocycles. The van der Waals surface area contributed by atoms with Gasteiger partial charge in [-0.1, -0.05) is 25.5 Å². The van der Waals surface area contributed by atoms with Crippen molar-refractivity contribution in [2.75, 3.05) is 0 Å². The fourth-order valence-corrected chi connectivity index (χ4v) is 8.52. The van der Waals surface area contributed by atoms with E-state index in [1.807, 2.05) is 6.92 Å². The van der Waals surface area contributed by atoms with Crippen LogP contribution >= 0.6 is 0 Å². The van der Waals surface area contributed by atoms with E-state index in [9.17, 15) is 9.59 Å². The van der Waals surface area contributed by atoms with Gasteiger partial charge in [0.15, 0.2) is 0 Å². The summed E-state index contributed by atoms with van der Waals surface area (Å²) in [6.07, 6.45) is 10.1. The van der Waals surface area contributed by atoms with Gasteiger partial charge in [0.05, 0.1) is 6.10 Å². The summed E-state index contributed by atoms with van der Waals surface area (Å²) in [6, 6.07) is 0. The van der Waals surface area contributed by atoms with Gasteiger partial charge >= 0.3 is 11.9 Å². The summed E-state index contributed by atoms with van der Waals surface area (Å²) in [7, 11) is 0. The van der Waals surface area contributed by atoms with Crippen molar-refractivity contribution in [1.82, 2.24) is 0 Å². The van der Waals surface area contributed by atoms with E-state index < -0.39 is 0 Å². The zero-order chi connectivity index (χ0) is 21.5. The molecular weight excluding hydrogens is 380 g/mol. The second-order valence-electron chi connectivity index (χ2n) is 11.1. The number of carbonyl (C=O) groups is 2. The quantitative estimate of drug-likeness (QED) is 0.383. The summed E-state index contributed by atoms with van der Waals surface area (Å²) in [5, 5.41) is 0. The van der Waals surface area contributed by atoms with Crippen LogP contribution in [0.2, 0.25) is 0 Å². The Morgan fingerprint density at radius 2 is 1.90 bits per heavy atom. The third-order valence-electron chi connectivity index (χ3n) is 9.85. The first-order valence-corrected chi connectivity index (χ1v) is 11.8. The number of rotatable bonds is 3. The van der Waals surface area contributed by atoms with Gasteiger partial charge in [-0.25, -0.2) is 0 Å². The minimum atomic E-state index is -0.286. The van der Waals surface area contributed by atoms with Crippen LogP contribution < -0.4 is 0 Å². The van der Waals surface area contributed by atoms with Crippen LogP contribution in [0.3, 0.4) is 0 Å². The second kappa shape index (κ2) is 6.57. The molecular formula is C25H36O5. The first kappa shape index (κ1) is 20.5. The van der Waals surface area contributed by atoms with E-state index in [4.69, 9.17) is 14.2 Å². The van der Waals surface area contributed by atoms with E-state index >= 15 is 0 Å². The lowest BCUT2D eigenvalue weighted by Gasteiger charge is -2.58. The van der Waals surface area contributed by atoms with Gasteiger partial charge in [-0.2, -0.15) is 0 Å². The summed E-state index contributed by atoms with van der Waals surface area (Å²) in [4.78, 5) is 23.1. The number of ether oxygens (including phenoxy) is 3. The minimum Gasteiger partial charge on any atom is -0.462 e. The monoisotopic (exact) mass is 416 g/mol. The highest BCUT2D eigenvalue weighted by atomic mass is 16.7. The van der Waals surface area contributed by atoms with Gasteiger partial charge in [-0.15, -0.1) is 0 Å². The van der Waals surface area contributed by atoms with Gasteiger partial charge in [-0.05, 0) is 68.6 Å². The molecule has 0 aromatic heterocycles. The molecule has 0 aromatic rings. The number of epoxide rings is 1. The third-order valence-corrected chi connectivity index (χ3v) is 9.85. The fraction of sp³-hybridized carbons (Fsp3) is 0.840. The Balaban J connectivity index is 1.40. The Morgan fingerprint density at radius 1 is 1.13 bits per heavy atom. The second-order valence-corrected chi connectivity index (χ2v) is 11.1. The van der Waals surface area contributed by atoms with Crippen molar-refractivity contribution in [2.24, 2.45) is 28.6 Å². The van der Waals surface area contributed by atoms with Gasteiger partial charge in [0.2, 0.25) is 0 Å². The van der Waals surface area contributed by atoms with Gasteiger partial charge < -0.3 is 14.2 Å². The van der Waals surface area contributed by atoms with Crippen LogP contribution in [0, 0.1) is 28.6 Å². The maximum Gasteiger partial charge on any atom is 0.302 e. The number of allylic oxidation sites excluding steroid dienone is 1. The maximum atomic E-state index is 11.6. The summed E-state index contributed by atoms with van der Waals surface area (Å²) in [5.74, 6) is 1.60. The summed E-state index contributed by atoms with van der Waals surface area (Å²) < 4.78 is 17.5. The molecule has 4 fully saturated rings. The van der Waals surface area contributed by atoms with E-state index in [-0.39, 0.29) is 46.7 Å². The molecule has 0 amide bonds. The van der Waals surface area contributed by atoms with Gasteiger partial charge in [0, 0.05) is 25.7 Å². The highest BCUT2D eigenvalue weighted by Gasteiger charge is 2.79.